The van der Waals surface area contributed by atoms with E-state index in [1.54, 1.807) is 6.92 Å². The van der Waals surface area contributed by atoms with Crippen molar-refractivity contribution in [2.24, 2.45) is 5.92 Å². The van der Waals surface area contributed by atoms with Crippen LogP contribution in [0.15, 0.2) is 0 Å². The summed E-state index contributed by atoms with van der Waals surface area (Å²) in [5, 5.41) is 1.09. The van der Waals surface area contributed by atoms with Crippen LogP contribution in [0.2, 0.25) is 0 Å². The third-order valence-electron chi connectivity index (χ3n) is 2.59. The normalized spacial score (nSPS) is 14.9. The first-order valence-electron chi connectivity index (χ1n) is 6.04. The lowest BCUT2D eigenvalue weighted by Crippen LogP contribution is -2.21. The predicted octanol–water partition coefficient (Wildman–Crippen LogP) is 2.69. The monoisotopic (exact) mass is 416 g/mol. The van der Waals surface area contributed by atoms with Crippen molar-refractivity contribution in [2.75, 3.05) is 23.1 Å². The van der Waals surface area contributed by atoms with Crippen LogP contribution in [-0.4, -0.2) is 47.4 Å². The average molecular weight is 417 g/mol. The van der Waals surface area contributed by atoms with E-state index in [9.17, 15) is 18.0 Å². The Labute approximate surface area is 135 Å². The lowest BCUT2D eigenvalue weighted by atomic mass is 10.00. The standard InChI is InChI=1S/C10H20BrOS.CHF3O3S/c1-4-10(9(2)12)5-7-13(3)8-6-11;2-1(3,4)8(5,6)7/h10H,4-8H2,1-3H3;(H,5,6,7)/q+1;/p-1/t10-,13?;/m0./s1. The molecule has 10 heteroatoms. The van der Waals surface area contributed by atoms with E-state index >= 15 is 0 Å². The number of hydrogen-bond acceptors (Lipinski definition) is 4. The highest BCUT2D eigenvalue weighted by atomic mass is 79.9. The molecular formula is C11H20BrF3O4S2. The molecule has 0 aliphatic rings. The molecule has 21 heavy (non-hydrogen) atoms. The number of carbonyl (C=O) groups excluding carboxylic acids is 1. The first kappa shape index (κ1) is 23.5. The molecule has 0 aliphatic heterocycles. The highest BCUT2D eigenvalue weighted by Gasteiger charge is 2.36. The molecule has 0 saturated heterocycles. The summed E-state index contributed by atoms with van der Waals surface area (Å²) in [6.45, 7) is 3.82. The molecule has 0 radical (unpaired) electrons. The fourth-order valence-electron chi connectivity index (χ4n) is 1.27. The Bertz CT molecular complexity index is 399. The topological polar surface area (TPSA) is 74.3 Å². The maximum Gasteiger partial charge on any atom is 0.485 e. The van der Waals surface area contributed by atoms with Crippen LogP contribution in [0.25, 0.3) is 0 Å². The Balaban J connectivity index is 0. The Morgan fingerprint density at radius 2 is 1.76 bits per heavy atom. The van der Waals surface area contributed by atoms with Gasteiger partial charge in [-0.25, -0.2) is 8.42 Å². The van der Waals surface area contributed by atoms with Crippen LogP contribution in [0.3, 0.4) is 0 Å². The van der Waals surface area contributed by atoms with Crippen LogP contribution in [0, 0.1) is 5.92 Å². The summed E-state index contributed by atoms with van der Waals surface area (Å²) in [6.07, 6.45) is 4.37. The summed E-state index contributed by atoms with van der Waals surface area (Å²) >= 11 is 3.44. The van der Waals surface area contributed by atoms with Crippen molar-refractivity contribution in [3.63, 3.8) is 0 Å². The summed E-state index contributed by atoms with van der Waals surface area (Å²) in [4.78, 5) is 11.1. The SMILES string of the molecule is CC[C@@H](CC[S+](C)CCBr)C(C)=O.O=S(=O)([O-])C(F)(F)F. The number of carbonyl (C=O) groups is 1. The van der Waals surface area contributed by atoms with Gasteiger partial charge in [0.1, 0.15) is 17.3 Å². The van der Waals surface area contributed by atoms with Crippen molar-refractivity contribution in [1.82, 2.24) is 0 Å². The first-order chi connectivity index (χ1) is 9.36. The molecule has 0 spiro atoms. The number of ketones is 1. The molecule has 4 nitrogen and oxygen atoms in total. The van der Waals surface area contributed by atoms with E-state index in [1.165, 1.54) is 11.5 Å². The maximum absolute atomic E-state index is 11.1. The van der Waals surface area contributed by atoms with Crippen LogP contribution in [-0.2, 0) is 25.8 Å². The van der Waals surface area contributed by atoms with Crippen LogP contribution >= 0.6 is 15.9 Å². The Morgan fingerprint density at radius 1 is 1.33 bits per heavy atom. The molecule has 0 aliphatic carbocycles. The van der Waals surface area contributed by atoms with Gasteiger partial charge in [-0.2, -0.15) is 13.2 Å². The molecule has 1 unspecified atom stereocenters. The third kappa shape index (κ3) is 12.4. The van der Waals surface area contributed by atoms with E-state index in [0.717, 1.165) is 18.2 Å². The van der Waals surface area contributed by atoms with E-state index in [2.05, 4.69) is 29.1 Å². The molecular weight excluding hydrogens is 397 g/mol. The molecule has 0 saturated carbocycles. The molecule has 0 aromatic heterocycles. The Morgan fingerprint density at radius 3 is 2.00 bits per heavy atom. The average Bonchev–Trinajstić information content (AvgIpc) is 2.27. The number of Topliss-reactive ketones (excluding diaryl/α,β-unsaturated/α-hetero) is 1. The van der Waals surface area contributed by atoms with Gasteiger partial charge in [0.25, 0.3) is 0 Å². The number of alkyl halides is 4. The van der Waals surface area contributed by atoms with Gasteiger partial charge in [0.05, 0.1) is 6.26 Å². The fourth-order valence-corrected chi connectivity index (χ4v) is 4.08. The van der Waals surface area contributed by atoms with Gasteiger partial charge in [0.2, 0.25) is 0 Å². The van der Waals surface area contributed by atoms with E-state index in [-0.39, 0.29) is 0 Å². The lowest BCUT2D eigenvalue weighted by molar-refractivity contribution is -0.120. The second kappa shape index (κ2) is 10.8. The summed E-state index contributed by atoms with van der Waals surface area (Å²) in [7, 11) is -5.60. The predicted molar refractivity (Wildman–Crippen MR) is 81.6 cm³/mol. The third-order valence-corrected chi connectivity index (χ3v) is 5.91. The second-order valence-corrected chi connectivity index (χ2v) is 8.83. The minimum Gasteiger partial charge on any atom is -0.741 e. The zero-order valence-corrected chi connectivity index (χ0v) is 15.3. The van der Waals surface area contributed by atoms with Gasteiger partial charge in [-0.3, -0.25) is 4.79 Å². The molecule has 0 fully saturated rings. The smallest absolute Gasteiger partial charge is 0.485 e. The van der Waals surface area contributed by atoms with Crippen molar-refractivity contribution in [3.8, 4) is 0 Å². The molecule has 0 heterocycles. The highest BCUT2D eigenvalue weighted by molar-refractivity contribution is 9.09. The van der Waals surface area contributed by atoms with Crippen molar-refractivity contribution in [3.05, 3.63) is 0 Å². The minimum atomic E-state index is -6.09. The first-order valence-corrected chi connectivity index (χ1v) is 10.5. The summed E-state index contributed by atoms with van der Waals surface area (Å²) in [5.41, 5.74) is -5.65. The molecule has 0 aromatic rings. The molecule has 2 atom stereocenters. The van der Waals surface area contributed by atoms with Crippen molar-refractivity contribution in [2.45, 2.75) is 32.2 Å². The zero-order valence-electron chi connectivity index (χ0n) is 12.1. The summed E-state index contributed by atoms with van der Waals surface area (Å²) in [6, 6.07) is 0. The van der Waals surface area contributed by atoms with Crippen molar-refractivity contribution in [1.29, 1.82) is 0 Å². The van der Waals surface area contributed by atoms with Crippen molar-refractivity contribution < 1.29 is 30.9 Å². The van der Waals surface area contributed by atoms with Gasteiger partial charge in [-0.05, 0) is 24.2 Å². The lowest BCUT2D eigenvalue weighted by Gasteiger charge is -2.09. The highest BCUT2D eigenvalue weighted by Crippen LogP contribution is 2.20. The quantitative estimate of drug-likeness (QED) is 0.276. The number of halogens is 4. The Kier molecular flexibility index (Phi) is 12.1. The molecule has 128 valence electrons. The van der Waals surface area contributed by atoms with E-state index in [1.807, 2.05) is 0 Å². The molecule has 0 N–H and O–H groups in total. The van der Waals surface area contributed by atoms with Gasteiger partial charge in [0, 0.05) is 17.7 Å². The van der Waals surface area contributed by atoms with Crippen LogP contribution in [0.4, 0.5) is 13.2 Å². The maximum atomic E-state index is 11.1. The second-order valence-electron chi connectivity index (χ2n) is 4.28. The van der Waals surface area contributed by atoms with Gasteiger partial charge in [0.15, 0.2) is 10.1 Å². The fraction of sp³-hybridized carbons (Fsp3) is 0.909. The van der Waals surface area contributed by atoms with Gasteiger partial charge in [-0.1, -0.05) is 22.9 Å². The number of rotatable bonds is 7. The van der Waals surface area contributed by atoms with Gasteiger partial charge < -0.3 is 4.55 Å². The largest absolute Gasteiger partial charge is 0.741 e. The van der Waals surface area contributed by atoms with Crippen molar-refractivity contribution >= 4 is 42.7 Å². The summed E-state index contributed by atoms with van der Waals surface area (Å²) < 4.78 is 58.9. The van der Waals surface area contributed by atoms with Crippen LogP contribution in [0.5, 0.6) is 0 Å². The number of hydrogen-bond donors (Lipinski definition) is 0. The minimum absolute atomic E-state index is 0.310. The summed E-state index contributed by atoms with van der Waals surface area (Å²) in [5.74, 6) is 3.13. The van der Waals surface area contributed by atoms with Crippen LogP contribution in [0.1, 0.15) is 26.7 Å². The molecule has 0 bridgehead atoms. The Hall–Kier alpha value is 0.200. The zero-order chi connectivity index (χ0) is 17.3. The molecule has 0 amide bonds. The van der Waals surface area contributed by atoms with E-state index < -0.39 is 15.6 Å². The van der Waals surface area contributed by atoms with Gasteiger partial charge in [-0.15, -0.1) is 0 Å². The van der Waals surface area contributed by atoms with E-state index in [4.69, 9.17) is 13.0 Å². The molecule has 0 rings (SSSR count). The van der Waals surface area contributed by atoms with Crippen LogP contribution < -0.4 is 0 Å². The van der Waals surface area contributed by atoms with E-state index in [0.29, 0.717) is 22.6 Å². The van der Waals surface area contributed by atoms with Gasteiger partial charge >= 0.3 is 5.51 Å². The molecule has 0 aromatic carbocycles.